The second-order valence-corrected chi connectivity index (χ2v) is 4.44. The third kappa shape index (κ3) is 4.78. The Morgan fingerprint density at radius 3 is 2.76 bits per heavy atom. The molecular formula is C16H22N2O3. The number of aliphatic hydroxyl groups excluding tert-OH is 1. The lowest BCUT2D eigenvalue weighted by Crippen LogP contribution is -2.34. The summed E-state index contributed by atoms with van der Waals surface area (Å²) in [5, 5.41) is 9.06. The standard InChI is InChI=1S/C16H22N2O3/c1-3-9-18(10-11-19)16(20)14-6-7-15(21-2)13(12-14)5-4-8-17/h6-7,12,19H,3,8-11,17H2,1-2H3. The number of amides is 1. The van der Waals surface area contributed by atoms with E-state index in [1.807, 2.05) is 6.92 Å². The van der Waals surface area contributed by atoms with Gasteiger partial charge < -0.3 is 20.5 Å². The molecule has 1 aromatic rings. The average Bonchev–Trinajstić information content (AvgIpc) is 2.51. The smallest absolute Gasteiger partial charge is 0.253 e. The Hall–Kier alpha value is -2.03. The van der Waals surface area contributed by atoms with Gasteiger partial charge in [-0.1, -0.05) is 18.8 Å². The van der Waals surface area contributed by atoms with E-state index >= 15 is 0 Å². The molecule has 114 valence electrons. The molecule has 0 fully saturated rings. The van der Waals surface area contributed by atoms with Crippen LogP contribution < -0.4 is 10.5 Å². The number of aliphatic hydroxyl groups is 1. The first kappa shape index (κ1) is 17.0. The van der Waals surface area contributed by atoms with Gasteiger partial charge in [0.05, 0.1) is 25.8 Å². The zero-order valence-electron chi connectivity index (χ0n) is 12.6. The first-order chi connectivity index (χ1) is 10.2. The van der Waals surface area contributed by atoms with Crippen LogP contribution >= 0.6 is 0 Å². The Balaban J connectivity index is 3.08. The van der Waals surface area contributed by atoms with Crippen LogP contribution in [0.5, 0.6) is 5.75 Å². The van der Waals surface area contributed by atoms with Gasteiger partial charge in [0, 0.05) is 18.7 Å². The third-order valence-electron chi connectivity index (χ3n) is 2.92. The fourth-order valence-electron chi connectivity index (χ4n) is 1.97. The van der Waals surface area contributed by atoms with E-state index in [-0.39, 0.29) is 19.1 Å². The van der Waals surface area contributed by atoms with Gasteiger partial charge in [-0.05, 0) is 24.6 Å². The number of hydrogen-bond donors (Lipinski definition) is 2. The highest BCUT2D eigenvalue weighted by Crippen LogP contribution is 2.20. The van der Waals surface area contributed by atoms with Gasteiger partial charge in [-0.3, -0.25) is 4.79 Å². The quantitative estimate of drug-likeness (QED) is 0.762. The van der Waals surface area contributed by atoms with Crippen LogP contribution in [-0.2, 0) is 0 Å². The van der Waals surface area contributed by atoms with E-state index in [2.05, 4.69) is 11.8 Å². The second-order valence-electron chi connectivity index (χ2n) is 4.44. The van der Waals surface area contributed by atoms with Crippen LogP contribution in [0.4, 0.5) is 0 Å². The van der Waals surface area contributed by atoms with E-state index in [1.54, 1.807) is 30.2 Å². The van der Waals surface area contributed by atoms with Gasteiger partial charge in [0.15, 0.2) is 0 Å². The maximum absolute atomic E-state index is 12.5. The van der Waals surface area contributed by atoms with Crippen LogP contribution in [0.15, 0.2) is 18.2 Å². The largest absolute Gasteiger partial charge is 0.495 e. The summed E-state index contributed by atoms with van der Waals surface area (Å²) < 4.78 is 5.22. The van der Waals surface area contributed by atoms with E-state index in [0.29, 0.717) is 30.0 Å². The minimum Gasteiger partial charge on any atom is -0.495 e. The van der Waals surface area contributed by atoms with Crippen LogP contribution in [0.25, 0.3) is 0 Å². The van der Waals surface area contributed by atoms with E-state index in [9.17, 15) is 4.79 Å². The number of carbonyl (C=O) groups excluding carboxylic acids is 1. The normalized spacial score (nSPS) is 9.71. The number of carbonyl (C=O) groups is 1. The van der Waals surface area contributed by atoms with Gasteiger partial charge in [-0.2, -0.15) is 0 Å². The first-order valence-corrected chi connectivity index (χ1v) is 6.95. The lowest BCUT2D eigenvalue weighted by Gasteiger charge is -2.21. The molecule has 0 radical (unpaired) electrons. The molecule has 0 saturated heterocycles. The molecule has 5 heteroatoms. The van der Waals surface area contributed by atoms with Gasteiger partial charge in [0.2, 0.25) is 0 Å². The van der Waals surface area contributed by atoms with Crippen molar-refractivity contribution in [1.29, 1.82) is 0 Å². The minimum atomic E-state index is -0.121. The molecule has 3 N–H and O–H groups in total. The molecule has 0 bridgehead atoms. The number of rotatable bonds is 6. The molecule has 0 saturated carbocycles. The van der Waals surface area contributed by atoms with E-state index in [0.717, 1.165) is 6.42 Å². The summed E-state index contributed by atoms with van der Waals surface area (Å²) in [4.78, 5) is 14.1. The topological polar surface area (TPSA) is 75.8 Å². The van der Waals surface area contributed by atoms with Gasteiger partial charge in [0.1, 0.15) is 5.75 Å². The zero-order chi connectivity index (χ0) is 15.7. The van der Waals surface area contributed by atoms with Crippen molar-refractivity contribution < 1.29 is 14.6 Å². The number of ether oxygens (including phenoxy) is 1. The van der Waals surface area contributed by atoms with Crippen molar-refractivity contribution in [2.75, 3.05) is 33.4 Å². The van der Waals surface area contributed by atoms with Crippen molar-refractivity contribution in [1.82, 2.24) is 4.90 Å². The molecule has 1 amide bonds. The lowest BCUT2D eigenvalue weighted by molar-refractivity contribution is 0.0722. The minimum absolute atomic E-state index is 0.0538. The van der Waals surface area contributed by atoms with E-state index in [1.165, 1.54) is 0 Å². The fraction of sp³-hybridized carbons (Fsp3) is 0.438. The maximum Gasteiger partial charge on any atom is 0.253 e. The van der Waals surface area contributed by atoms with Crippen LogP contribution in [-0.4, -0.2) is 49.3 Å². The van der Waals surface area contributed by atoms with Crippen molar-refractivity contribution >= 4 is 5.91 Å². The number of benzene rings is 1. The molecule has 1 rings (SSSR count). The summed E-state index contributed by atoms with van der Waals surface area (Å²) in [6.07, 6.45) is 0.835. The van der Waals surface area contributed by atoms with Crippen molar-refractivity contribution in [3.63, 3.8) is 0 Å². The Morgan fingerprint density at radius 1 is 1.43 bits per heavy atom. The monoisotopic (exact) mass is 290 g/mol. The fourth-order valence-corrected chi connectivity index (χ4v) is 1.97. The molecule has 5 nitrogen and oxygen atoms in total. The van der Waals surface area contributed by atoms with E-state index < -0.39 is 0 Å². The van der Waals surface area contributed by atoms with Gasteiger partial charge in [-0.15, -0.1) is 0 Å². The highest BCUT2D eigenvalue weighted by molar-refractivity contribution is 5.94. The second kappa shape index (κ2) is 9.01. The predicted molar refractivity (Wildman–Crippen MR) is 82.2 cm³/mol. The van der Waals surface area contributed by atoms with Crippen molar-refractivity contribution in [2.24, 2.45) is 5.73 Å². The Morgan fingerprint density at radius 2 is 2.19 bits per heavy atom. The maximum atomic E-state index is 12.5. The third-order valence-corrected chi connectivity index (χ3v) is 2.92. The molecule has 0 aliphatic rings. The molecule has 0 aliphatic heterocycles. The number of nitrogens with two attached hydrogens (primary N) is 1. The molecule has 0 atom stereocenters. The summed E-state index contributed by atoms with van der Waals surface area (Å²) in [5.41, 5.74) is 6.54. The molecule has 0 aliphatic carbocycles. The Labute approximate surface area is 125 Å². The van der Waals surface area contributed by atoms with Crippen LogP contribution in [0.3, 0.4) is 0 Å². The summed E-state index contributed by atoms with van der Waals surface area (Å²) in [6.45, 7) is 3.11. The highest BCUT2D eigenvalue weighted by Gasteiger charge is 2.16. The van der Waals surface area contributed by atoms with Crippen molar-refractivity contribution in [3.05, 3.63) is 29.3 Å². The van der Waals surface area contributed by atoms with Crippen LogP contribution in [0.1, 0.15) is 29.3 Å². The summed E-state index contributed by atoms with van der Waals surface area (Å²) in [7, 11) is 1.56. The van der Waals surface area contributed by atoms with Crippen LogP contribution in [0, 0.1) is 11.8 Å². The van der Waals surface area contributed by atoms with Crippen molar-refractivity contribution in [2.45, 2.75) is 13.3 Å². The Bertz CT molecular complexity index is 526. The first-order valence-electron chi connectivity index (χ1n) is 6.95. The van der Waals surface area contributed by atoms with Gasteiger partial charge in [-0.25, -0.2) is 0 Å². The van der Waals surface area contributed by atoms with Crippen LogP contribution in [0.2, 0.25) is 0 Å². The molecule has 0 heterocycles. The van der Waals surface area contributed by atoms with Crippen molar-refractivity contribution in [3.8, 4) is 17.6 Å². The molecular weight excluding hydrogens is 268 g/mol. The van der Waals surface area contributed by atoms with Gasteiger partial charge >= 0.3 is 0 Å². The summed E-state index contributed by atoms with van der Waals surface area (Å²) >= 11 is 0. The van der Waals surface area contributed by atoms with Gasteiger partial charge in [0.25, 0.3) is 5.91 Å². The SMILES string of the molecule is CCCN(CCO)C(=O)c1ccc(OC)c(C#CCN)c1. The molecule has 0 spiro atoms. The lowest BCUT2D eigenvalue weighted by atomic mass is 10.1. The molecule has 1 aromatic carbocycles. The molecule has 21 heavy (non-hydrogen) atoms. The number of hydrogen-bond acceptors (Lipinski definition) is 4. The summed E-state index contributed by atoms with van der Waals surface area (Å²) in [5.74, 6) is 6.15. The molecule has 0 aromatic heterocycles. The molecule has 0 unspecified atom stereocenters. The Kier molecular flexibility index (Phi) is 7.30. The average molecular weight is 290 g/mol. The number of methoxy groups -OCH3 is 1. The number of nitrogens with zero attached hydrogens (tertiary/aromatic N) is 1. The zero-order valence-corrected chi connectivity index (χ0v) is 12.6. The summed E-state index contributed by atoms with van der Waals surface area (Å²) in [6, 6.07) is 5.12. The predicted octanol–water partition coefficient (Wildman–Crippen LogP) is 0.850. The highest BCUT2D eigenvalue weighted by atomic mass is 16.5. The van der Waals surface area contributed by atoms with E-state index in [4.69, 9.17) is 15.6 Å².